The van der Waals surface area contributed by atoms with Crippen molar-refractivity contribution in [3.05, 3.63) is 29.8 Å². The second-order valence-electron chi connectivity index (χ2n) is 4.37. The fraction of sp³-hybridized carbons (Fsp3) is 0.500. The fourth-order valence-corrected chi connectivity index (χ4v) is 3.97. The van der Waals surface area contributed by atoms with Crippen molar-refractivity contribution in [2.75, 3.05) is 17.2 Å². The van der Waals surface area contributed by atoms with Crippen LogP contribution in [-0.2, 0) is 6.54 Å². The molecular formula is C12H16N2S. The van der Waals surface area contributed by atoms with Crippen molar-refractivity contribution in [2.45, 2.75) is 24.3 Å². The minimum absolute atomic E-state index is 0.641. The van der Waals surface area contributed by atoms with Crippen LogP contribution in [0.2, 0.25) is 0 Å². The number of nitrogens with zero attached hydrogens (tertiary/aromatic N) is 1. The summed E-state index contributed by atoms with van der Waals surface area (Å²) in [5, 5.41) is 0.879. The van der Waals surface area contributed by atoms with Gasteiger partial charge in [0, 0.05) is 35.8 Å². The lowest BCUT2D eigenvalue weighted by atomic mass is 10.2. The van der Waals surface area contributed by atoms with Gasteiger partial charge in [-0.3, -0.25) is 0 Å². The normalized spacial score (nSPS) is 28.7. The summed E-state index contributed by atoms with van der Waals surface area (Å²) in [5.74, 6) is 1.31. The van der Waals surface area contributed by atoms with Crippen LogP contribution < -0.4 is 10.6 Å². The predicted octanol–water partition coefficient (Wildman–Crippen LogP) is 1.84. The Labute approximate surface area is 94.8 Å². The summed E-state index contributed by atoms with van der Waals surface area (Å²) in [7, 11) is 0. The van der Waals surface area contributed by atoms with E-state index in [1.54, 1.807) is 0 Å². The van der Waals surface area contributed by atoms with Crippen molar-refractivity contribution in [1.29, 1.82) is 0 Å². The quantitative estimate of drug-likeness (QED) is 0.824. The van der Waals surface area contributed by atoms with Gasteiger partial charge in [-0.2, -0.15) is 11.8 Å². The average Bonchev–Trinajstić information content (AvgIpc) is 2.91. The highest BCUT2D eigenvalue weighted by Gasteiger charge is 2.38. The Bertz CT molecular complexity index is 349. The van der Waals surface area contributed by atoms with E-state index < -0.39 is 0 Å². The molecule has 2 nitrogen and oxygen atoms in total. The lowest BCUT2D eigenvalue weighted by Crippen LogP contribution is -2.33. The maximum Gasteiger partial charge on any atom is 0.0392 e. The van der Waals surface area contributed by atoms with Crippen molar-refractivity contribution >= 4 is 17.4 Å². The predicted molar refractivity (Wildman–Crippen MR) is 66.3 cm³/mol. The third-order valence-electron chi connectivity index (χ3n) is 3.40. The molecule has 2 aliphatic rings. The molecule has 0 amide bonds. The van der Waals surface area contributed by atoms with Crippen molar-refractivity contribution in [1.82, 2.24) is 0 Å². The van der Waals surface area contributed by atoms with Crippen molar-refractivity contribution in [2.24, 2.45) is 5.73 Å². The minimum Gasteiger partial charge on any atom is -0.367 e. The molecule has 2 aliphatic heterocycles. The van der Waals surface area contributed by atoms with E-state index >= 15 is 0 Å². The highest BCUT2D eigenvalue weighted by molar-refractivity contribution is 8.00. The van der Waals surface area contributed by atoms with E-state index in [4.69, 9.17) is 5.73 Å². The third-order valence-corrected chi connectivity index (χ3v) is 4.79. The van der Waals surface area contributed by atoms with Crippen LogP contribution in [0.1, 0.15) is 12.0 Å². The first-order chi connectivity index (χ1) is 7.36. The molecule has 2 saturated heterocycles. The summed E-state index contributed by atoms with van der Waals surface area (Å²) < 4.78 is 0. The maximum atomic E-state index is 5.60. The van der Waals surface area contributed by atoms with Crippen LogP contribution in [0.4, 0.5) is 5.69 Å². The van der Waals surface area contributed by atoms with Gasteiger partial charge in [0.2, 0.25) is 0 Å². The van der Waals surface area contributed by atoms with Gasteiger partial charge in [0.1, 0.15) is 0 Å². The Hall–Kier alpha value is -0.670. The van der Waals surface area contributed by atoms with Crippen LogP contribution in [0, 0.1) is 0 Å². The van der Waals surface area contributed by atoms with E-state index in [0.29, 0.717) is 6.54 Å². The number of hydrogen-bond acceptors (Lipinski definition) is 3. The number of hydrogen-bond donors (Lipinski definition) is 1. The zero-order chi connectivity index (χ0) is 10.3. The van der Waals surface area contributed by atoms with Crippen LogP contribution in [0.15, 0.2) is 24.3 Å². The Morgan fingerprint density at radius 3 is 2.67 bits per heavy atom. The van der Waals surface area contributed by atoms with Gasteiger partial charge in [0.15, 0.2) is 0 Å². The van der Waals surface area contributed by atoms with Gasteiger partial charge in [-0.25, -0.2) is 0 Å². The van der Waals surface area contributed by atoms with Crippen LogP contribution in [0.25, 0.3) is 0 Å². The molecule has 2 heterocycles. The number of anilines is 1. The molecule has 2 N–H and O–H groups in total. The summed E-state index contributed by atoms with van der Waals surface area (Å²) in [4.78, 5) is 2.56. The first-order valence-electron chi connectivity index (χ1n) is 5.54. The van der Waals surface area contributed by atoms with E-state index in [-0.39, 0.29) is 0 Å². The first kappa shape index (κ1) is 9.55. The summed E-state index contributed by atoms with van der Waals surface area (Å²) in [5.41, 5.74) is 8.19. The maximum absolute atomic E-state index is 5.60. The van der Waals surface area contributed by atoms with Crippen molar-refractivity contribution in [3.8, 4) is 0 Å². The van der Waals surface area contributed by atoms with Gasteiger partial charge >= 0.3 is 0 Å². The number of benzene rings is 1. The molecule has 2 atom stereocenters. The highest BCUT2D eigenvalue weighted by Crippen LogP contribution is 2.39. The van der Waals surface area contributed by atoms with Gasteiger partial charge in [0.25, 0.3) is 0 Å². The molecule has 15 heavy (non-hydrogen) atoms. The largest absolute Gasteiger partial charge is 0.367 e. The SMILES string of the molecule is NCc1ccc(N2CC3CC2CS3)cc1. The molecule has 3 rings (SSSR count). The van der Waals surface area contributed by atoms with E-state index in [9.17, 15) is 0 Å². The Morgan fingerprint density at radius 2 is 2.13 bits per heavy atom. The topological polar surface area (TPSA) is 29.3 Å². The molecule has 2 unspecified atom stereocenters. The molecular weight excluding hydrogens is 204 g/mol. The Kier molecular flexibility index (Phi) is 2.37. The van der Waals surface area contributed by atoms with E-state index in [0.717, 1.165) is 11.3 Å². The van der Waals surface area contributed by atoms with Gasteiger partial charge in [0.05, 0.1) is 0 Å². The molecule has 2 bridgehead atoms. The zero-order valence-electron chi connectivity index (χ0n) is 8.73. The molecule has 3 heteroatoms. The monoisotopic (exact) mass is 220 g/mol. The number of fused-ring (bicyclic) bond motifs is 2. The highest BCUT2D eigenvalue weighted by atomic mass is 32.2. The van der Waals surface area contributed by atoms with E-state index in [1.807, 2.05) is 0 Å². The molecule has 80 valence electrons. The van der Waals surface area contributed by atoms with Gasteiger partial charge in [-0.15, -0.1) is 0 Å². The van der Waals surface area contributed by atoms with Crippen LogP contribution in [-0.4, -0.2) is 23.6 Å². The van der Waals surface area contributed by atoms with E-state index in [2.05, 4.69) is 40.9 Å². The summed E-state index contributed by atoms with van der Waals surface area (Å²) in [6.45, 7) is 1.87. The van der Waals surface area contributed by atoms with Crippen LogP contribution in [0.5, 0.6) is 0 Å². The first-order valence-corrected chi connectivity index (χ1v) is 6.59. The smallest absolute Gasteiger partial charge is 0.0392 e. The fourth-order valence-electron chi connectivity index (χ4n) is 2.54. The van der Waals surface area contributed by atoms with Crippen LogP contribution >= 0.6 is 11.8 Å². The molecule has 1 aromatic rings. The summed E-state index contributed by atoms with van der Waals surface area (Å²) in [6.07, 6.45) is 1.38. The lowest BCUT2D eigenvalue weighted by Gasteiger charge is -2.28. The third kappa shape index (κ3) is 1.64. The number of nitrogens with two attached hydrogens (primary N) is 1. The Morgan fingerprint density at radius 1 is 1.33 bits per heavy atom. The molecule has 0 aromatic heterocycles. The summed E-state index contributed by atoms with van der Waals surface area (Å²) >= 11 is 2.14. The second-order valence-corrected chi connectivity index (χ2v) is 5.70. The molecule has 1 aromatic carbocycles. The molecule has 0 radical (unpaired) electrons. The van der Waals surface area contributed by atoms with Gasteiger partial charge in [-0.05, 0) is 24.1 Å². The molecule has 0 aliphatic carbocycles. The Balaban J connectivity index is 1.81. The number of thioether (sulfide) groups is 1. The molecule has 0 spiro atoms. The van der Waals surface area contributed by atoms with Gasteiger partial charge < -0.3 is 10.6 Å². The molecule has 2 fully saturated rings. The zero-order valence-corrected chi connectivity index (χ0v) is 9.54. The molecule has 0 saturated carbocycles. The number of rotatable bonds is 2. The van der Waals surface area contributed by atoms with Crippen molar-refractivity contribution in [3.63, 3.8) is 0 Å². The van der Waals surface area contributed by atoms with Gasteiger partial charge in [-0.1, -0.05) is 12.1 Å². The van der Waals surface area contributed by atoms with Crippen molar-refractivity contribution < 1.29 is 0 Å². The second kappa shape index (κ2) is 3.72. The van der Waals surface area contributed by atoms with E-state index in [1.165, 1.54) is 30.0 Å². The van der Waals surface area contributed by atoms with Crippen LogP contribution in [0.3, 0.4) is 0 Å². The lowest BCUT2D eigenvalue weighted by molar-refractivity contribution is 0.763. The minimum atomic E-state index is 0.641. The summed E-state index contributed by atoms with van der Waals surface area (Å²) in [6, 6.07) is 9.51. The average molecular weight is 220 g/mol. The standard InChI is InChI=1S/C12H16N2S/c13-6-9-1-3-10(4-2-9)14-7-12-5-11(14)8-15-12/h1-4,11-12H,5-8,13H2.